The number of piperidine rings is 1. The van der Waals surface area contributed by atoms with E-state index in [4.69, 9.17) is 0 Å². The van der Waals surface area contributed by atoms with Crippen molar-refractivity contribution in [3.63, 3.8) is 0 Å². The predicted octanol–water partition coefficient (Wildman–Crippen LogP) is 4.06. The van der Waals surface area contributed by atoms with Crippen LogP contribution in [0.2, 0.25) is 0 Å². The molecule has 0 aromatic heterocycles. The van der Waals surface area contributed by atoms with Crippen LogP contribution in [0.15, 0.2) is 0 Å². The molecule has 0 aromatic carbocycles. The molecule has 1 aliphatic heterocycles. The van der Waals surface area contributed by atoms with Crippen molar-refractivity contribution in [2.24, 2.45) is 11.3 Å². The molecule has 1 aliphatic carbocycles. The summed E-state index contributed by atoms with van der Waals surface area (Å²) in [5.41, 5.74) is 0.549. The van der Waals surface area contributed by atoms with Crippen LogP contribution in [0.4, 0.5) is 0 Å². The zero-order valence-electron chi connectivity index (χ0n) is 14.3. The fourth-order valence-corrected chi connectivity index (χ4v) is 4.14. The van der Waals surface area contributed by atoms with Gasteiger partial charge in [-0.1, -0.05) is 40.0 Å². The fourth-order valence-electron chi connectivity index (χ4n) is 4.14. The second-order valence-corrected chi connectivity index (χ2v) is 8.06. The van der Waals surface area contributed by atoms with E-state index in [9.17, 15) is 0 Å². The first kappa shape index (κ1) is 16.3. The van der Waals surface area contributed by atoms with Gasteiger partial charge in [0, 0.05) is 31.7 Å². The molecule has 0 amide bonds. The van der Waals surface area contributed by atoms with E-state index in [1.54, 1.807) is 0 Å². The predicted molar refractivity (Wildman–Crippen MR) is 88.1 cm³/mol. The molecular weight excluding hydrogens is 244 g/mol. The van der Waals surface area contributed by atoms with Crippen molar-refractivity contribution in [2.75, 3.05) is 19.6 Å². The summed E-state index contributed by atoms with van der Waals surface area (Å²) in [5.74, 6) is 0.893. The highest BCUT2D eigenvalue weighted by Gasteiger charge is 2.36. The third-order valence-electron chi connectivity index (χ3n) is 5.58. The lowest BCUT2D eigenvalue weighted by atomic mass is 9.72. The minimum Gasteiger partial charge on any atom is -0.314 e. The summed E-state index contributed by atoms with van der Waals surface area (Å²) in [6.45, 7) is 13.3. The summed E-state index contributed by atoms with van der Waals surface area (Å²) < 4.78 is 0. The molecule has 20 heavy (non-hydrogen) atoms. The molecule has 0 bridgehead atoms. The topological polar surface area (TPSA) is 15.3 Å². The average molecular weight is 280 g/mol. The smallest absolute Gasteiger partial charge is 0.00673 e. The Morgan fingerprint density at radius 1 is 1.10 bits per heavy atom. The van der Waals surface area contributed by atoms with Crippen LogP contribution in [-0.2, 0) is 0 Å². The van der Waals surface area contributed by atoms with Gasteiger partial charge in [0.25, 0.3) is 0 Å². The molecule has 0 spiro atoms. The first-order chi connectivity index (χ1) is 9.51. The van der Waals surface area contributed by atoms with Gasteiger partial charge in [0.2, 0.25) is 0 Å². The number of nitrogens with one attached hydrogen (secondary N) is 1. The maximum absolute atomic E-state index is 3.74. The summed E-state index contributed by atoms with van der Waals surface area (Å²) in [4.78, 5) is 2.81. The van der Waals surface area contributed by atoms with E-state index >= 15 is 0 Å². The summed E-state index contributed by atoms with van der Waals surface area (Å²) in [5, 5.41) is 3.74. The molecule has 2 aliphatic rings. The van der Waals surface area contributed by atoms with Crippen LogP contribution in [0.1, 0.15) is 72.6 Å². The van der Waals surface area contributed by atoms with E-state index < -0.39 is 0 Å². The number of rotatable bonds is 5. The van der Waals surface area contributed by atoms with E-state index in [-0.39, 0.29) is 0 Å². The lowest BCUT2D eigenvalue weighted by molar-refractivity contribution is 0.0439. The van der Waals surface area contributed by atoms with Gasteiger partial charge in [-0.25, -0.2) is 0 Å². The second-order valence-electron chi connectivity index (χ2n) is 8.06. The number of likely N-dealkylation sites (tertiary alicyclic amines) is 1. The molecule has 2 atom stereocenters. The van der Waals surface area contributed by atoms with Gasteiger partial charge in [-0.05, 0) is 43.9 Å². The van der Waals surface area contributed by atoms with Crippen molar-refractivity contribution in [3.05, 3.63) is 0 Å². The van der Waals surface area contributed by atoms with Crippen LogP contribution in [-0.4, -0.2) is 36.6 Å². The third-order valence-corrected chi connectivity index (χ3v) is 5.58. The monoisotopic (exact) mass is 280 g/mol. The molecule has 1 heterocycles. The molecule has 0 radical (unpaired) electrons. The minimum absolute atomic E-state index is 0.549. The van der Waals surface area contributed by atoms with Crippen molar-refractivity contribution >= 4 is 0 Å². The highest BCUT2D eigenvalue weighted by Crippen LogP contribution is 2.38. The summed E-state index contributed by atoms with van der Waals surface area (Å²) >= 11 is 0. The molecule has 1 N–H and O–H groups in total. The largest absolute Gasteiger partial charge is 0.314 e. The average Bonchev–Trinajstić information content (AvgIpc) is 2.42. The zero-order chi connectivity index (χ0) is 14.6. The summed E-state index contributed by atoms with van der Waals surface area (Å²) in [6, 6.07) is 1.41. The standard InChI is InChI=1S/C18H36N2/c1-15(2)19-13-18(10-6-5-7-11-18)14-20-12-16(3)8-9-17(20)4/h15-17,19H,5-14H2,1-4H3. The van der Waals surface area contributed by atoms with Crippen LogP contribution in [0, 0.1) is 11.3 Å². The Labute approximate surface area is 126 Å². The third kappa shape index (κ3) is 4.46. The maximum atomic E-state index is 3.74. The molecule has 2 fully saturated rings. The van der Waals surface area contributed by atoms with Gasteiger partial charge in [0.05, 0.1) is 0 Å². The minimum atomic E-state index is 0.549. The van der Waals surface area contributed by atoms with Crippen LogP contribution in [0.25, 0.3) is 0 Å². The number of nitrogens with zero attached hydrogens (tertiary/aromatic N) is 1. The Kier molecular flexibility index (Phi) is 5.92. The summed E-state index contributed by atoms with van der Waals surface area (Å²) in [7, 11) is 0. The van der Waals surface area contributed by atoms with Crippen LogP contribution >= 0.6 is 0 Å². The Hall–Kier alpha value is -0.0800. The van der Waals surface area contributed by atoms with Crippen molar-refractivity contribution in [1.29, 1.82) is 0 Å². The number of hydrogen-bond acceptors (Lipinski definition) is 2. The molecule has 2 nitrogen and oxygen atoms in total. The molecule has 1 saturated carbocycles. The normalized spacial score (nSPS) is 31.6. The Morgan fingerprint density at radius 2 is 1.80 bits per heavy atom. The molecule has 2 unspecified atom stereocenters. The zero-order valence-corrected chi connectivity index (χ0v) is 14.3. The van der Waals surface area contributed by atoms with Crippen LogP contribution < -0.4 is 5.32 Å². The van der Waals surface area contributed by atoms with Gasteiger partial charge in [0.15, 0.2) is 0 Å². The van der Waals surface area contributed by atoms with Gasteiger partial charge in [-0.3, -0.25) is 4.90 Å². The molecular formula is C18H36N2. The quantitative estimate of drug-likeness (QED) is 0.817. The van der Waals surface area contributed by atoms with Crippen molar-refractivity contribution < 1.29 is 0 Å². The molecule has 118 valence electrons. The first-order valence-electron chi connectivity index (χ1n) is 8.98. The van der Waals surface area contributed by atoms with E-state index in [2.05, 4.69) is 37.9 Å². The molecule has 2 heteroatoms. The van der Waals surface area contributed by atoms with E-state index in [0.29, 0.717) is 11.5 Å². The van der Waals surface area contributed by atoms with Gasteiger partial charge < -0.3 is 5.32 Å². The van der Waals surface area contributed by atoms with Crippen molar-refractivity contribution in [2.45, 2.75) is 84.7 Å². The lowest BCUT2D eigenvalue weighted by Gasteiger charge is -2.46. The highest BCUT2D eigenvalue weighted by molar-refractivity contribution is 4.91. The highest BCUT2D eigenvalue weighted by atomic mass is 15.2. The van der Waals surface area contributed by atoms with Crippen molar-refractivity contribution in [3.8, 4) is 0 Å². The summed E-state index contributed by atoms with van der Waals surface area (Å²) in [6.07, 6.45) is 10.0. The Morgan fingerprint density at radius 3 is 2.45 bits per heavy atom. The van der Waals surface area contributed by atoms with E-state index in [1.165, 1.54) is 64.6 Å². The van der Waals surface area contributed by atoms with Crippen molar-refractivity contribution in [1.82, 2.24) is 10.2 Å². The molecule has 2 rings (SSSR count). The van der Waals surface area contributed by atoms with Gasteiger partial charge >= 0.3 is 0 Å². The Bertz CT molecular complexity index is 281. The Balaban J connectivity index is 1.98. The van der Waals surface area contributed by atoms with E-state index in [0.717, 1.165) is 12.0 Å². The maximum Gasteiger partial charge on any atom is 0.00673 e. The van der Waals surface area contributed by atoms with Crippen LogP contribution in [0.5, 0.6) is 0 Å². The van der Waals surface area contributed by atoms with Gasteiger partial charge in [-0.15, -0.1) is 0 Å². The lowest BCUT2D eigenvalue weighted by Crippen LogP contribution is -2.51. The molecule has 1 saturated heterocycles. The number of hydrogen-bond donors (Lipinski definition) is 1. The first-order valence-corrected chi connectivity index (χ1v) is 8.98. The van der Waals surface area contributed by atoms with Crippen LogP contribution in [0.3, 0.4) is 0 Å². The molecule has 0 aromatic rings. The van der Waals surface area contributed by atoms with E-state index in [1.807, 2.05) is 0 Å². The second kappa shape index (κ2) is 7.26. The SMILES string of the molecule is CC1CCC(C)N(CC2(CNC(C)C)CCCCC2)C1. The van der Waals surface area contributed by atoms with Gasteiger partial charge in [0.1, 0.15) is 0 Å². The fraction of sp³-hybridized carbons (Fsp3) is 1.00. The van der Waals surface area contributed by atoms with Gasteiger partial charge in [-0.2, -0.15) is 0 Å².